The monoisotopic (exact) mass is 332 g/mol. The van der Waals surface area contributed by atoms with Gasteiger partial charge < -0.3 is 10.2 Å². The zero-order valence-corrected chi connectivity index (χ0v) is 13.7. The quantitative estimate of drug-likeness (QED) is 0.810. The fourth-order valence-corrected chi connectivity index (χ4v) is 4.47. The second kappa shape index (κ2) is 5.63. The van der Waals surface area contributed by atoms with E-state index in [1.807, 2.05) is 17.4 Å². The van der Waals surface area contributed by atoms with E-state index in [0.717, 1.165) is 13.0 Å². The molecule has 0 spiro atoms. The Kier molecular flexibility index (Phi) is 3.62. The third-order valence-electron chi connectivity index (χ3n) is 4.46. The highest BCUT2D eigenvalue weighted by atomic mass is 32.1. The fourth-order valence-electron chi connectivity index (χ4n) is 3.24. The topological polar surface area (TPSA) is 15.3 Å². The van der Waals surface area contributed by atoms with Crippen LogP contribution in [0.4, 0.5) is 10.1 Å². The number of halogens is 1. The molecule has 1 aliphatic carbocycles. The first-order valence-electron chi connectivity index (χ1n) is 7.62. The molecule has 1 atom stereocenters. The number of nitrogens with one attached hydrogen (secondary N) is 1. The van der Waals surface area contributed by atoms with Gasteiger partial charge in [-0.15, -0.1) is 11.3 Å². The van der Waals surface area contributed by atoms with Crippen molar-refractivity contribution in [1.29, 1.82) is 0 Å². The number of thiophene rings is 1. The van der Waals surface area contributed by atoms with Crippen LogP contribution < -0.4 is 5.32 Å². The maximum absolute atomic E-state index is 13.8. The van der Waals surface area contributed by atoms with Crippen molar-refractivity contribution in [3.05, 3.63) is 52.0 Å². The second-order valence-corrected chi connectivity index (χ2v) is 7.32. The molecule has 1 N–H and O–H groups in total. The molecule has 0 saturated heterocycles. The molecular weight excluding hydrogens is 315 g/mol. The first-order chi connectivity index (χ1) is 10.7. The lowest BCUT2D eigenvalue weighted by atomic mass is 9.96. The van der Waals surface area contributed by atoms with Crippen LogP contribution in [-0.2, 0) is 6.42 Å². The molecule has 0 amide bonds. The van der Waals surface area contributed by atoms with E-state index in [9.17, 15) is 4.39 Å². The minimum atomic E-state index is -0.263. The lowest BCUT2D eigenvalue weighted by molar-refractivity contribution is 0.276. The minimum absolute atomic E-state index is 0.263. The Balaban J connectivity index is 1.59. The molecule has 0 unspecified atom stereocenters. The summed E-state index contributed by atoms with van der Waals surface area (Å²) in [6, 6.07) is 9.29. The van der Waals surface area contributed by atoms with Gasteiger partial charge in [0.15, 0.2) is 5.11 Å². The molecule has 1 aromatic heterocycles. The number of fused-ring (bicyclic) bond motifs is 1. The van der Waals surface area contributed by atoms with Crippen molar-refractivity contribution in [2.45, 2.75) is 25.3 Å². The maximum Gasteiger partial charge on any atom is 0.174 e. The van der Waals surface area contributed by atoms with Crippen molar-refractivity contribution in [2.75, 3.05) is 11.9 Å². The second-order valence-electron chi connectivity index (χ2n) is 5.93. The van der Waals surface area contributed by atoms with E-state index < -0.39 is 0 Å². The van der Waals surface area contributed by atoms with Gasteiger partial charge in [-0.25, -0.2) is 4.39 Å². The standard InChI is InChI=1S/C17H17FN2S2/c18-13-3-1-2-4-14(13)19-17(21)20-9-7-15-12(8-10-22-15)16(20)11-5-6-11/h1-4,8,10-11,16H,5-7,9H2,(H,19,21)/t16-/m0/s1. The average Bonchev–Trinajstić information content (AvgIpc) is 3.25. The molecule has 2 nitrogen and oxygen atoms in total. The van der Waals surface area contributed by atoms with Gasteiger partial charge in [-0.05, 0) is 66.5 Å². The number of hydrogen-bond acceptors (Lipinski definition) is 2. The largest absolute Gasteiger partial charge is 0.341 e. The fraction of sp³-hybridized carbons (Fsp3) is 0.353. The number of rotatable bonds is 2. The zero-order valence-electron chi connectivity index (χ0n) is 12.1. The average molecular weight is 332 g/mol. The molecule has 22 heavy (non-hydrogen) atoms. The van der Waals surface area contributed by atoms with Gasteiger partial charge in [-0.2, -0.15) is 0 Å². The SMILES string of the molecule is Fc1ccccc1NC(=S)N1CCc2sccc2[C@@H]1C1CC1. The Bertz CT molecular complexity index is 708. The van der Waals surface area contributed by atoms with Crippen molar-refractivity contribution in [2.24, 2.45) is 5.92 Å². The van der Waals surface area contributed by atoms with Crippen LogP contribution in [0, 0.1) is 11.7 Å². The van der Waals surface area contributed by atoms with E-state index >= 15 is 0 Å². The molecule has 2 aliphatic rings. The molecule has 4 rings (SSSR count). The van der Waals surface area contributed by atoms with Crippen molar-refractivity contribution < 1.29 is 4.39 Å². The van der Waals surface area contributed by atoms with Gasteiger partial charge >= 0.3 is 0 Å². The summed E-state index contributed by atoms with van der Waals surface area (Å²) in [5.74, 6) is 0.426. The Hall–Kier alpha value is -1.46. The summed E-state index contributed by atoms with van der Waals surface area (Å²) in [5, 5.41) is 5.92. The van der Waals surface area contributed by atoms with Crippen LogP contribution in [0.2, 0.25) is 0 Å². The number of nitrogens with zero attached hydrogens (tertiary/aromatic N) is 1. The summed E-state index contributed by atoms with van der Waals surface area (Å²) >= 11 is 7.44. The lowest BCUT2D eigenvalue weighted by Crippen LogP contribution is -2.42. The molecule has 1 fully saturated rings. The van der Waals surface area contributed by atoms with Gasteiger partial charge in [0.05, 0.1) is 11.7 Å². The van der Waals surface area contributed by atoms with Crippen molar-refractivity contribution >= 4 is 34.4 Å². The van der Waals surface area contributed by atoms with Gasteiger partial charge in [-0.1, -0.05) is 12.1 Å². The van der Waals surface area contributed by atoms with Gasteiger partial charge in [0.2, 0.25) is 0 Å². The summed E-state index contributed by atoms with van der Waals surface area (Å²) in [7, 11) is 0. The van der Waals surface area contributed by atoms with Crippen molar-refractivity contribution in [1.82, 2.24) is 4.90 Å². The normalized spacial score (nSPS) is 20.6. The minimum Gasteiger partial charge on any atom is -0.341 e. The van der Waals surface area contributed by atoms with E-state index in [0.29, 0.717) is 22.8 Å². The van der Waals surface area contributed by atoms with Gasteiger partial charge in [0, 0.05) is 11.4 Å². The first-order valence-corrected chi connectivity index (χ1v) is 8.91. The summed E-state index contributed by atoms with van der Waals surface area (Å²) in [6.45, 7) is 0.912. The third kappa shape index (κ3) is 2.52. The van der Waals surface area contributed by atoms with Crippen LogP contribution in [0.1, 0.15) is 29.3 Å². The Morgan fingerprint density at radius 1 is 1.27 bits per heavy atom. The van der Waals surface area contributed by atoms with E-state index in [4.69, 9.17) is 12.2 Å². The van der Waals surface area contributed by atoms with Gasteiger partial charge in [0.25, 0.3) is 0 Å². The molecule has 1 saturated carbocycles. The summed E-state index contributed by atoms with van der Waals surface area (Å²) in [6.07, 6.45) is 3.55. The van der Waals surface area contributed by atoms with E-state index in [1.54, 1.807) is 12.1 Å². The summed E-state index contributed by atoms with van der Waals surface area (Å²) in [4.78, 5) is 3.75. The third-order valence-corrected chi connectivity index (χ3v) is 5.79. The lowest BCUT2D eigenvalue weighted by Gasteiger charge is -2.38. The highest BCUT2D eigenvalue weighted by molar-refractivity contribution is 7.80. The van der Waals surface area contributed by atoms with E-state index in [2.05, 4.69) is 21.7 Å². The number of para-hydroxylation sites is 1. The smallest absolute Gasteiger partial charge is 0.174 e. The van der Waals surface area contributed by atoms with Crippen LogP contribution in [0.5, 0.6) is 0 Å². The molecule has 0 radical (unpaired) electrons. The Morgan fingerprint density at radius 2 is 2.09 bits per heavy atom. The number of benzene rings is 1. The van der Waals surface area contributed by atoms with Crippen LogP contribution >= 0.6 is 23.6 Å². The van der Waals surface area contributed by atoms with Crippen LogP contribution in [0.3, 0.4) is 0 Å². The number of anilines is 1. The molecule has 0 bridgehead atoms. The van der Waals surface area contributed by atoms with Crippen molar-refractivity contribution in [3.8, 4) is 0 Å². The Morgan fingerprint density at radius 3 is 2.86 bits per heavy atom. The van der Waals surface area contributed by atoms with Crippen LogP contribution in [0.15, 0.2) is 35.7 Å². The molecule has 2 aromatic rings. The van der Waals surface area contributed by atoms with Crippen molar-refractivity contribution in [3.63, 3.8) is 0 Å². The van der Waals surface area contributed by atoms with Crippen LogP contribution in [0.25, 0.3) is 0 Å². The highest BCUT2D eigenvalue weighted by Gasteiger charge is 2.40. The van der Waals surface area contributed by atoms with Gasteiger partial charge in [-0.3, -0.25) is 0 Å². The number of hydrogen-bond donors (Lipinski definition) is 1. The molecule has 1 aromatic carbocycles. The number of thiocarbonyl (C=S) groups is 1. The van der Waals surface area contributed by atoms with Crippen LogP contribution in [-0.4, -0.2) is 16.6 Å². The van der Waals surface area contributed by atoms with E-state index in [-0.39, 0.29) is 5.82 Å². The molecule has 1 aliphatic heterocycles. The summed E-state index contributed by atoms with van der Waals surface area (Å²) in [5.41, 5.74) is 1.88. The maximum atomic E-state index is 13.8. The molecule has 5 heteroatoms. The van der Waals surface area contributed by atoms with E-state index in [1.165, 1.54) is 29.3 Å². The predicted octanol–water partition coefficient (Wildman–Crippen LogP) is 4.59. The molecule has 114 valence electrons. The summed E-state index contributed by atoms with van der Waals surface area (Å²) < 4.78 is 13.8. The first kappa shape index (κ1) is 14.2. The van der Waals surface area contributed by atoms with Gasteiger partial charge in [0.1, 0.15) is 5.82 Å². The molecule has 2 heterocycles. The molecular formula is C17H17FN2S2. The zero-order chi connectivity index (χ0) is 15.1. The Labute approximate surface area is 139 Å². The predicted molar refractivity (Wildman–Crippen MR) is 92.8 cm³/mol. The highest BCUT2D eigenvalue weighted by Crippen LogP contribution is 2.48.